The molecule has 11 heteroatoms. The number of ether oxygens (including phenoxy) is 2. The van der Waals surface area contributed by atoms with Crippen LogP contribution in [0.15, 0.2) is 29.7 Å². The van der Waals surface area contributed by atoms with Gasteiger partial charge in [0.2, 0.25) is 0 Å². The van der Waals surface area contributed by atoms with E-state index in [0.717, 1.165) is 71.0 Å². The minimum absolute atomic E-state index is 0.0458. The Labute approximate surface area is 230 Å². The first-order valence-electron chi connectivity index (χ1n) is 14.0. The van der Waals surface area contributed by atoms with Crippen molar-refractivity contribution in [3.8, 4) is 11.3 Å². The highest BCUT2D eigenvalue weighted by Gasteiger charge is 2.39. The number of benzene rings is 1. The van der Waals surface area contributed by atoms with E-state index in [4.69, 9.17) is 14.6 Å². The molecule has 0 spiro atoms. The molecule has 0 N–H and O–H groups in total. The maximum Gasteiger partial charge on any atom is 0.274 e. The maximum atomic E-state index is 13.7. The highest BCUT2D eigenvalue weighted by atomic mass is 32.2. The first-order chi connectivity index (χ1) is 19.0. The minimum Gasteiger partial charge on any atom is -0.379 e. The number of fused-ring (bicyclic) bond motifs is 3. The van der Waals surface area contributed by atoms with Crippen LogP contribution in [0.2, 0.25) is 0 Å². The van der Waals surface area contributed by atoms with Gasteiger partial charge in [0, 0.05) is 56.9 Å². The van der Waals surface area contributed by atoms with Crippen molar-refractivity contribution in [1.82, 2.24) is 24.5 Å². The molecule has 1 atom stereocenters. The smallest absolute Gasteiger partial charge is 0.274 e. The van der Waals surface area contributed by atoms with Crippen LogP contribution >= 0.6 is 0 Å². The molecule has 0 saturated carbocycles. The molecule has 4 aliphatic heterocycles. The number of sulfone groups is 1. The number of rotatable bonds is 6. The van der Waals surface area contributed by atoms with Gasteiger partial charge in [0.15, 0.2) is 15.5 Å². The van der Waals surface area contributed by atoms with Gasteiger partial charge in [-0.25, -0.2) is 8.42 Å². The van der Waals surface area contributed by atoms with Crippen LogP contribution in [0, 0.1) is 0 Å². The number of morpholine rings is 2. The molecule has 1 amide bonds. The number of hydrogen-bond acceptors (Lipinski definition) is 8. The number of amides is 1. The molecule has 10 nitrogen and oxygen atoms in total. The summed E-state index contributed by atoms with van der Waals surface area (Å²) in [6.45, 7) is 13.1. The monoisotopic (exact) mass is 555 g/mol. The van der Waals surface area contributed by atoms with Crippen LogP contribution in [0.3, 0.4) is 0 Å². The van der Waals surface area contributed by atoms with Crippen LogP contribution in [-0.2, 0) is 25.1 Å². The van der Waals surface area contributed by atoms with E-state index in [0.29, 0.717) is 47.9 Å². The van der Waals surface area contributed by atoms with Crippen LogP contribution in [0.25, 0.3) is 17.3 Å². The van der Waals surface area contributed by atoms with Gasteiger partial charge in [-0.15, -0.1) is 0 Å². The van der Waals surface area contributed by atoms with Gasteiger partial charge in [-0.3, -0.25) is 19.3 Å². The van der Waals surface area contributed by atoms with Gasteiger partial charge in [0.1, 0.15) is 0 Å². The van der Waals surface area contributed by atoms with Crippen molar-refractivity contribution in [3.63, 3.8) is 0 Å². The minimum atomic E-state index is -3.68. The van der Waals surface area contributed by atoms with Crippen LogP contribution in [0.4, 0.5) is 0 Å². The van der Waals surface area contributed by atoms with E-state index in [2.05, 4.69) is 16.4 Å². The van der Waals surface area contributed by atoms with Crippen molar-refractivity contribution in [2.45, 2.75) is 29.5 Å². The third-order valence-electron chi connectivity index (χ3n) is 8.34. The van der Waals surface area contributed by atoms with Gasteiger partial charge < -0.3 is 14.4 Å². The molecule has 0 bridgehead atoms. The highest BCUT2D eigenvalue weighted by Crippen LogP contribution is 2.43. The summed E-state index contributed by atoms with van der Waals surface area (Å²) >= 11 is 0. The van der Waals surface area contributed by atoms with Crippen LogP contribution in [-0.4, -0.2) is 118 Å². The van der Waals surface area contributed by atoms with Crippen molar-refractivity contribution >= 4 is 21.8 Å². The molecule has 0 aliphatic carbocycles. The summed E-state index contributed by atoms with van der Waals surface area (Å²) in [5, 5.41) is 4.94. The van der Waals surface area contributed by atoms with E-state index >= 15 is 0 Å². The maximum absolute atomic E-state index is 13.7. The number of nitrogens with zero attached hydrogens (tertiary/aromatic N) is 5. The lowest BCUT2D eigenvalue weighted by atomic mass is 10.0. The summed E-state index contributed by atoms with van der Waals surface area (Å²) in [6, 6.07) is 5.53. The Morgan fingerprint density at radius 2 is 1.74 bits per heavy atom. The Morgan fingerprint density at radius 3 is 2.49 bits per heavy atom. The van der Waals surface area contributed by atoms with Crippen molar-refractivity contribution in [3.05, 3.63) is 41.6 Å². The summed E-state index contributed by atoms with van der Waals surface area (Å²) in [5.41, 5.74) is 2.75. The van der Waals surface area contributed by atoms with Crippen molar-refractivity contribution < 1.29 is 22.7 Å². The molecule has 4 aliphatic rings. The van der Waals surface area contributed by atoms with Gasteiger partial charge in [0.25, 0.3) is 5.91 Å². The topological polar surface area (TPSA) is 97.2 Å². The quantitative estimate of drug-likeness (QED) is 0.534. The molecular formula is C28H37N5O5S. The molecule has 210 valence electrons. The number of carbonyl (C=O) groups is 1. The molecule has 0 unspecified atom stereocenters. The summed E-state index contributed by atoms with van der Waals surface area (Å²) in [6.07, 6.45) is 3.54. The molecule has 3 saturated heterocycles. The zero-order valence-corrected chi connectivity index (χ0v) is 23.2. The molecule has 39 heavy (non-hydrogen) atoms. The summed E-state index contributed by atoms with van der Waals surface area (Å²) in [5.74, 6) is -0.453. The van der Waals surface area contributed by atoms with E-state index in [-0.39, 0.29) is 23.4 Å². The van der Waals surface area contributed by atoms with Crippen molar-refractivity contribution in [1.29, 1.82) is 0 Å². The number of carbonyl (C=O) groups excluding carboxylic acids is 1. The Morgan fingerprint density at radius 1 is 1.03 bits per heavy atom. The fourth-order valence-corrected chi connectivity index (χ4v) is 8.10. The lowest BCUT2D eigenvalue weighted by molar-refractivity contribution is 0.0294. The van der Waals surface area contributed by atoms with Crippen LogP contribution < -0.4 is 0 Å². The lowest BCUT2D eigenvalue weighted by Gasteiger charge is -2.36. The molecule has 2 aromatic rings. The SMILES string of the molecule is C=Cc1cccc2c1S(=O)(=O)Cc1c(C(=O)N3CCOCC3)nn([C@H]3CCCN(CCN4CCOCC4)C3)c1-2. The van der Waals surface area contributed by atoms with Crippen molar-refractivity contribution in [2.75, 3.05) is 78.8 Å². The number of piperidine rings is 1. The van der Waals surface area contributed by atoms with Crippen LogP contribution in [0.1, 0.15) is 40.5 Å². The van der Waals surface area contributed by atoms with E-state index in [1.165, 1.54) is 0 Å². The zero-order chi connectivity index (χ0) is 27.0. The predicted octanol–water partition coefficient (Wildman–Crippen LogP) is 1.92. The van der Waals surface area contributed by atoms with Gasteiger partial charge >= 0.3 is 0 Å². The number of likely N-dealkylation sites (tertiary alicyclic amines) is 1. The summed E-state index contributed by atoms with van der Waals surface area (Å²) in [7, 11) is -3.68. The Bertz CT molecular complexity index is 1340. The average Bonchev–Trinajstić information content (AvgIpc) is 3.35. The van der Waals surface area contributed by atoms with Gasteiger partial charge in [-0.05, 0) is 24.9 Å². The summed E-state index contributed by atoms with van der Waals surface area (Å²) < 4.78 is 40.1. The summed E-state index contributed by atoms with van der Waals surface area (Å²) in [4.78, 5) is 20.7. The molecule has 1 aromatic carbocycles. The number of hydrogen-bond donors (Lipinski definition) is 0. The predicted molar refractivity (Wildman–Crippen MR) is 147 cm³/mol. The average molecular weight is 556 g/mol. The zero-order valence-electron chi connectivity index (χ0n) is 22.4. The molecule has 5 heterocycles. The Balaban J connectivity index is 1.37. The number of aromatic nitrogens is 2. The van der Waals surface area contributed by atoms with Gasteiger partial charge in [-0.1, -0.05) is 30.9 Å². The fraction of sp³-hybridized carbons (Fsp3) is 0.571. The molecule has 0 radical (unpaired) electrons. The first kappa shape index (κ1) is 26.6. The van der Waals surface area contributed by atoms with Crippen LogP contribution in [0.5, 0.6) is 0 Å². The highest BCUT2D eigenvalue weighted by molar-refractivity contribution is 7.91. The third-order valence-corrected chi connectivity index (χ3v) is 10.1. The second kappa shape index (κ2) is 11.1. The van der Waals surface area contributed by atoms with E-state index < -0.39 is 9.84 Å². The lowest BCUT2D eigenvalue weighted by Crippen LogP contribution is -2.44. The Hall–Kier alpha value is -2.57. The normalized spacial score (nSPS) is 23.7. The molecule has 6 rings (SSSR count). The third kappa shape index (κ3) is 5.18. The van der Waals surface area contributed by atoms with E-state index in [1.807, 2.05) is 16.8 Å². The standard InChI is InChI=1S/C28H37N5O5S/c1-2-21-5-3-7-23-26-24(20-39(35,36)27(21)23)25(28(34)32-13-17-38-18-14-32)29-33(26)22-6-4-8-31(19-22)10-9-30-11-15-37-16-12-30/h2-3,5,7,22H,1,4,6,8-20H2/t22-/m0/s1. The second-order valence-corrected chi connectivity index (χ2v) is 12.7. The van der Waals surface area contributed by atoms with E-state index in [9.17, 15) is 13.2 Å². The van der Waals surface area contributed by atoms with Gasteiger partial charge in [-0.2, -0.15) is 5.10 Å². The van der Waals surface area contributed by atoms with Gasteiger partial charge in [0.05, 0.1) is 48.8 Å². The second-order valence-electron chi connectivity index (χ2n) is 10.8. The Kier molecular flexibility index (Phi) is 7.60. The van der Waals surface area contributed by atoms with Crippen molar-refractivity contribution in [2.24, 2.45) is 0 Å². The molecule has 1 aromatic heterocycles. The largest absolute Gasteiger partial charge is 0.379 e. The molecular weight excluding hydrogens is 518 g/mol. The molecule has 3 fully saturated rings. The first-order valence-corrected chi connectivity index (χ1v) is 15.6. The fourth-order valence-electron chi connectivity index (χ4n) is 6.30. The van der Waals surface area contributed by atoms with E-state index in [1.54, 1.807) is 17.0 Å².